The third kappa shape index (κ3) is 2.83. The van der Waals surface area contributed by atoms with Crippen molar-refractivity contribution < 1.29 is 0 Å². The summed E-state index contributed by atoms with van der Waals surface area (Å²) in [5, 5.41) is 9.44. The molecule has 2 heterocycles. The molecule has 2 aromatic rings. The lowest BCUT2D eigenvalue weighted by molar-refractivity contribution is 0.499. The van der Waals surface area contributed by atoms with Crippen LogP contribution in [0.1, 0.15) is 17.8 Å². The maximum Gasteiger partial charge on any atom is 0.345 e. The highest BCUT2D eigenvalue weighted by Gasteiger charge is 2.06. The molecule has 1 N–H and O–H groups in total. The molecule has 2 aromatic heterocycles. The molecule has 0 aromatic carbocycles. The predicted molar refractivity (Wildman–Crippen MR) is 68.2 cm³/mol. The minimum absolute atomic E-state index is 0.0735. The van der Waals surface area contributed by atoms with Crippen LogP contribution in [0.2, 0.25) is 0 Å². The first-order valence-electron chi connectivity index (χ1n) is 5.53. The summed E-state index contributed by atoms with van der Waals surface area (Å²) in [4.78, 5) is 12.8. The van der Waals surface area contributed by atoms with E-state index in [0.717, 1.165) is 6.54 Å². The van der Waals surface area contributed by atoms with Crippen molar-refractivity contribution in [2.24, 2.45) is 7.05 Å². The third-order valence-corrected chi connectivity index (χ3v) is 3.69. The number of aromatic nitrogens is 3. The Morgan fingerprint density at radius 1 is 1.59 bits per heavy atom. The first-order chi connectivity index (χ1) is 8.18. The second-order valence-electron chi connectivity index (χ2n) is 3.94. The van der Waals surface area contributed by atoms with Gasteiger partial charge in [-0.1, -0.05) is 6.07 Å². The summed E-state index contributed by atoms with van der Waals surface area (Å²) in [6, 6.07) is 4.46. The van der Waals surface area contributed by atoms with Crippen LogP contribution in [0.4, 0.5) is 0 Å². The molecule has 17 heavy (non-hydrogen) atoms. The van der Waals surface area contributed by atoms with Crippen molar-refractivity contribution >= 4 is 11.3 Å². The predicted octanol–water partition coefficient (Wildman–Crippen LogP) is 0.994. The van der Waals surface area contributed by atoms with Crippen LogP contribution >= 0.6 is 11.3 Å². The number of aryl methyl sites for hydroxylation is 1. The maximum atomic E-state index is 11.5. The number of thiophene rings is 1. The molecule has 6 heteroatoms. The maximum absolute atomic E-state index is 11.5. The fourth-order valence-electron chi connectivity index (χ4n) is 1.60. The average molecular weight is 252 g/mol. The molecule has 0 fully saturated rings. The molecule has 0 bridgehead atoms. The Morgan fingerprint density at radius 3 is 3.00 bits per heavy atom. The zero-order chi connectivity index (χ0) is 12.3. The number of rotatable bonds is 5. The quantitative estimate of drug-likeness (QED) is 0.863. The normalized spacial score (nSPS) is 12.8. The zero-order valence-corrected chi connectivity index (χ0v) is 10.8. The van der Waals surface area contributed by atoms with E-state index in [-0.39, 0.29) is 5.69 Å². The van der Waals surface area contributed by atoms with Gasteiger partial charge < -0.3 is 5.32 Å². The molecule has 0 aliphatic rings. The zero-order valence-electron chi connectivity index (χ0n) is 9.96. The fraction of sp³-hybridized carbons (Fsp3) is 0.455. The van der Waals surface area contributed by atoms with Crippen LogP contribution in [0, 0.1) is 0 Å². The topological polar surface area (TPSA) is 51.9 Å². The summed E-state index contributed by atoms with van der Waals surface area (Å²) >= 11 is 1.73. The van der Waals surface area contributed by atoms with Crippen molar-refractivity contribution in [2.45, 2.75) is 19.5 Å². The van der Waals surface area contributed by atoms with E-state index in [0.29, 0.717) is 12.6 Å². The Bertz CT molecular complexity index is 514. The van der Waals surface area contributed by atoms with Gasteiger partial charge in [-0.05, 0) is 18.4 Å². The van der Waals surface area contributed by atoms with E-state index in [1.165, 1.54) is 20.5 Å². The van der Waals surface area contributed by atoms with E-state index in [9.17, 15) is 4.79 Å². The average Bonchev–Trinajstić information content (AvgIpc) is 2.93. The third-order valence-electron chi connectivity index (χ3n) is 2.63. The monoisotopic (exact) mass is 252 g/mol. The highest BCUT2D eigenvalue weighted by atomic mass is 32.1. The minimum atomic E-state index is -0.0735. The highest BCUT2D eigenvalue weighted by molar-refractivity contribution is 7.10. The van der Waals surface area contributed by atoms with Crippen molar-refractivity contribution in [2.75, 3.05) is 6.54 Å². The molecule has 0 radical (unpaired) electrons. The van der Waals surface area contributed by atoms with Gasteiger partial charge in [0.2, 0.25) is 0 Å². The first kappa shape index (κ1) is 12.1. The highest BCUT2D eigenvalue weighted by Crippen LogP contribution is 2.17. The van der Waals surface area contributed by atoms with Crippen molar-refractivity contribution in [1.29, 1.82) is 0 Å². The van der Waals surface area contributed by atoms with Gasteiger partial charge in [0.1, 0.15) is 6.33 Å². The van der Waals surface area contributed by atoms with E-state index < -0.39 is 0 Å². The molecule has 1 unspecified atom stereocenters. The summed E-state index contributed by atoms with van der Waals surface area (Å²) in [5.41, 5.74) is -0.0735. The molecule has 0 aliphatic carbocycles. The van der Waals surface area contributed by atoms with E-state index in [2.05, 4.69) is 28.8 Å². The van der Waals surface area contributed by atoms with Crippen LogP contribution in [0.15, 0.2) is 28.6 Å². The molecule has 0 spiro atoms. The lowest BCUT2D eigenvalue weighted by Crippen LogP contribution is -2.29. The van der Waals surface area contributed by atoms with Gasteiger partial charge in [0.05, 0.1) is 6.54 Å². The van der Waals surface area contributed by atoms with Gasteiger partial charge in [-0.3, -0.25) is 4.57 Å². The van der Waals surface area contributed by atoms with E-state index in [1.807, 2.05) is 6.07 Å². The van der Waals surface area contributed by atoms with Gasteiger partial charge in [-0.2, -0.15) is 5.10 Å². The van der Waals surface area contributed by atoms with Crippen LogP contribution in [-0.2, 0) is 13.6 Å². The molecule has 0 saturated heterocycles. The second kappa shape index (κ2) is 5.29. The number of hydrogen-bond acceptors (Lipinski definition) is 4. The SMILES string of the molecule is CC(NCCn1ncn(C)c1=O)c1cccs1. The van der Waals surface area contributed by atoms with Gasteiger partial charge >= 0.3 is 5.69 Å². The van der Waals surface area contributed by atoms with Crippen LogP contribution in [0.5, 0.6) is 0 Å². The van der Waals surface area contributed by atoms with Crippen molar-refractivity contribution in [3.63, 3.8) is 0 Å². The van der Waals surface area contributed by atoms with Gasteiger partial charge in [0, 0.05) is 24.5 Å². The van der Waals surface area contributed by atoms with Gasteiger partial charge in [0.25, 0.3) is 0 Å². The van der Waals surface area contributed by atoms with E-state index >= 15 is 0 Å². The molecular formula is C11H16N4OS. The molecule has 1 atom stereocenters. The molecule has 0 amide bonds. The second-order valence-corrected chi connectivity index (χ2v) is 4.92. The van der Waals surface area contributed by atoms with Gasteiger partial charge in [0.15, 0.2) is 0 Å². The van der Waals surface area contributed by atoms with Crippen molar-refractivity contribution in [1.82, 2.24) is 19.7 Å². The summed E-state index contributed by atoms with van der Waals surface area (Å²) in [7, 11) is 1.70. The number of nitrogens with zero attached hydrogens (tertiary/aromatic N) is 3. The Labute approximate surface area is 104 Å². The molecule has 0 saturated carbocycles. The van der Waals surface area contributed by atoms with Crippen LogP contribution in [0.25, 0.3) is 0 Å². The molecule has 2 rings (SSSR count). The summed E-state index contributed by atoms with van der Waals surface area (Å²) < 4.78 is 2.94. The molecule has 92 valence electrons. The van der Waals surface area contributed by atoms with Crippen LogP contribution in [-0.4, -0.2) is 20.9 Å². The lowest BCUT2D eigenvalue weighted by atomic mass is 10.3. The van der Waals surface area contributed by atoms with E-state index in [1.54, 1.807) is 18.4 Å². The Kier molecular flexibility index (Phi) is 3.75. The largest absolute Gasteiger partial charge is 0.345 e. The van der Waals surface area contributed by atoms with Crippen molar-refractivity contribution in [3.05, 3.63) is 39.2 Å². The summed E-state index contributed by atoms with van der Waals surface area (Å²) in [6.45, 7) is 3.44. The Morgan fingerprint density at radius 2 is 2.41 bits per heavy atom. The Balaban J connectivity index is 1.84. The van der Waals surface area contributed by atoms with Crippen LogP contribution in [0.3, 0.4) is 0 Å². The van der Waals surface area contributed by atoms with Gasteiger partial charge in [-0.25, -0.2) is 9.48 Å². The molecule has 0 aliphatic heterocycles. The summed E-state index contributed by atoms with van der Waals surface area (Å²) in [5.74, 6) is 0. The number of nitrogens with one attached hydrogen (secondary N) is 1. The van der Waals surface area contributed by atoms with Crippen LogP contribution < -0.4 is 11.0 Å². The number of hydrogen-bond donors (Lipinski definition) is 1. The molecular weight excluding hydrogens is 236 g/mol. The smallest absolute Gasteiger partial charge is 0.308 e. The minimum Gasteiger partial charge on any atom is -0.308 e. The van der Waals surface area contributed by atoms with E-state index in [4.69, 9.17) is 0 Å². The summed E-state index contributed by atoms with van der Waals surface area (Å²) in [6.07, 6.45) is 1.53. The lowest BCUT2D eigenvalue weighted by Gasteiger charge is -2.11. The first-order valence-corrected chi connectivity index (χ1v) is 6.41. The standard InChI is InChI=1S/C11H16N4OS/c1-9(10-4-3-7-17-10)12-5-6-15-11(16)14(2)8-13-15/h3-4,7-9,12H,5-6H2,1-2H3. The van der Waals surface area contributed by atoms with Crippen molar-refractivity contribution in [3.8, 4) is 0 Å². The molecule has 5 nitrogen and oxygen atoms in total. The fourth-order valence-corrected chi connectivity index (χ4v) is 2.36. The Hall–Kier alpha value is -1.40. The van der Waals surface area contributed by atoms with Gasteiger partial charge in [-0.15, -0.1) is 11.3 Å².